The monoisotopic (exact) mass is 291 g/mol. The van der Waals surface area contributed by atoms with E-state index in [9.17, 15) is 9.00 Å². The summed E-state index contributed by atoms with van der Waals surface area (Å²) in [6.45, 7) is 4.13. The highest BCUT2D eigenvalue weighted by Crippen LogP contribution is 2.47. The van der Waals surface area contributed by atoms with Gasteiger partial charge in [-0.1, -0.05) is 18.7 Å². The van der Waals surface area contributed by atoms with Crippen molar-refractivity contribution in [3.8, 4) is 0 Å². The van der Waals surface area contributed by atoms with Crippen LogP contribution >= 0.6 is 24.0 Å². The Hall–Kier alpha value is -0.400. The Bertz CT molecular complexity index is 433. The Labute approximate surface area is 112 Å². The molecular weight excluding hydrogens is 278 g/mol. The van der Waals surface area contributed by atoms with Crippen LogP contribution < -0.4 is 0 Å². The van der Waals surface area contributed by atoms with E-state index in [1.165, 1.54) is 11.8 Å². The van der Waals surface area contributed by atoms with E-state index in [0.29, 0.717) is 28.7 Å². The topological polar surface area (TPSA) is 46.6 Å². The molecule has 1 unspecified atom stereocenters. The molecule has 1 fully saturated rings. The van der Waals surface area contributed by atoms with Crippen LogP contribution in [0.2, 0.25) is 0 Å². The quantitative estimate of drug-likeness (QED) is 0.581. The molecule has 0 aromatic rings. The Balaban J connectivity index is 2.33. The van der Waals surface area contributed by atoms with Crippen LogP contribution in [0.25, 0.3) is 0 Å². The number of carbonyl (C=O) groups excluding carboxylic acids is 1. The average Bonchev–Trinajstić information content (AvgIpc) is 2.61. The molecule has 7 heteroatoms. The zero-order chi connectivity index (χ0) is 12.6. The van der Waals surface area contributed by atoms with Crippen molar-refractivity contribution in [2.45, 2.75) is 25.6 Å². The van der Waals surface area contributed by atoms with Gasteiger partial charge in [-0.05, 0) is 19.1 Å². The van der Waals surface area contributed by atoms with Gasteiger partial charge in [-0.15, -0.1) is 0 Å². The normalized spacial score (nSPS) is 24.5. The number of nitrogens with zero attached hydrogens (tertiary/aromatic N) is 1. The Kier molecular flexibility index (Phi) is 3.89. The molecule has 2 aliphatic rings. The van der Waals surface area contributed by atoms with Gasteiger partial charge in [0.15, 0.2) is 0 Å². The molecule has 2 atom stereocenters. The summed E-state index contributed by atoms with van der Waals surface area (Å²) in [6.07, 6.45) is 0.493. The summed E-state index contributed by atoms with van der Waals surface area (Å²) in [5.41, 5.74) is 0.563. The van der Waals surface area contributed by atoms with Crippen LogP contribution in [-0.2, 0) is 20.3 Å². The third kappa shape index (κ3) is 2.15. The highest BCUT2D eigenvalue weighted by Gasteiger charge is 2.48. The van der Waals surface area contributed by atoms with Crippen molar-refractivity contribution in [1.82, 2.24) is 4.90 Å². The lowest BCUT2D eigenvalue weighted by atomic mass is 10.2. The lowest BCUT2D eigenvalue weighted by molar-refractivity contribution is -0.137. The van der Waals surface area contributed by atoms with Crippen molar-refractivity contribution < 1.29 is 13.7 Å². The zero-order valence-electron chi connectivity index (χ0n) is 9.60. The van der Waals surface area contributed by atoms with Crippen molar-refractivity contribution in [2.24, 2.45) is 0 Å². The number of thiocarbonyl (C=S) groups is 1. The van der Waals surface area contributed by atoms with Gasteiger partial charge in [0.2, 0.25) is 11.0 Å². The second-order valence-corrected chi connectivity index (χ2v) is 7.03. The molecule has 0 saturated carbocycles. The number of rotatable bonds is 4. The molecule has 0 aromatic heterocycles. The van der Waals surface area contributed by atoms with E-state index >= 15 is 0 Å². The number of fused-ring (bicyclic) bond motifs is 1. The molecule has 17 heavy (non-hydrogen) atoms. The van der Waals surface area contributed by atoms with E-state index in [0.717, 1.165) is 0 Å². The van der Waals surface area contributed by atoms with Gasteiger partial charge in [-0.3, -0.25) is 13.9 Å². The van der Waals surface area contributed by atoms with Gasteiger partial charge >= 0.3 is 0 Å². The van der Waals surface area contributed by atoms with Crippen LogP contribution in [0.4, 0.5) is 0 Å². The maximum Gasteiger partial charge on any atom is 0.231 e. The second kappa shape index (κ2) is 5.07. The molecule has 2 aliphatic heterocycles. The lowest BCUT2D eigenvalue weighted by Crippen LogP contribution is -2.48. The van der Waals surface area contributed by atoms with E-state index in [2.05, 4.69) is 0 Å². The number of hydrogen-bond donors (Lipinski definition) is 0. The smallest absolute Gasteiger partial charge is 0.231 e. The van der Waals surface area contributed by atoms with E-state index < -0.39 is 10.8 Å². The summed E-state index contributed by atoms with van der Waals surface area (Å²) in [4.78, 5) is 13.2. The van der Waals surface area contributed by atoms with Crippen molar-refractivity contribution in [3.63, 3.8) is 0 Å². The SMILES string of the molecule is CCOC(=S)C1=C(S(=O)CC)S[C@@H]2CC(=O)N12. The first-order valence-corrected chi connectivity index (χ1v) is 7.99. The van der Waals surface area contributed by atoms with Crippen molar-refractivity contribution in [3.05, 3.63) is 9.93 Å². The van der Waals surface area contributed by atoms with Crippen LogP contribution in [0.15, 0.2) is 9.93 Å². The lowest BCUT2D eigenvalue weighted by Gasteiger charge is -2.35. The minimum atomic E-state index is -1.09. The zero-order valence-corrected chi connectivity index (χ0v) is 12.0. The van der Waals surface area contributed by atoms with E-state index in [-0.39, 0.29) is 16.3 Å². The molecule has 0 N–H and O–H groups in total. The van der Waals surface area contributed by atoms with Crippen LogP contribution in [-0.4, -0.2) is 37.8 Å². The highest BCUT2D eigenvalue weighted by molar-refractivity contribution is 8.17. The molecule has 4 nitrogen and oxygen atoms in total. The first-order valence-electron chi connectivity index (χ1n) is 5.38. The summed E-state index contributed by atoms with van der Waals surface area (Å²) in [6, 6.07) is 0. The Morgan fingerprint density at radius 3 is 2.88 bits per heavy atom. The molecule has 0 spiro atoms. The van der Waals surface area contributed by atoms with E-state index in [4.69, 9.17) is 17.0 Å². The molecule has 1 amide bonds. The van der Waals surface area contributed by atoms with Crippen LogP contribution in [0, 0.1) is 0 Å². The standard InChI is InChI=1S/C10H13NO3S3/c1-3-14-9(15)8-10(17(13)4-2)16-7-5-6(12)11(7)8/h7H,3-5H2,1-2H3/t7-,17?/m1/s1. The molecule has 0 aromatic carbocycles. The van der Waals surface area contributed by atoms with Gasteiger partial charge in [0, 0.05) is 5.75 Å². The number of carbonyl (C=O) groups is 1. The number of amides is 1. The third-order valence-electron chi connectivity index (χ3n) is 2.52. The van der Waals surface area contributed by atoms with Gasteiger partial charge in [0.1, 0.15) is 9.93 Å². The summed E-state index contributed by atoms with van der Waals surface area (Å²) in [7, 11) is -1.09. The van der Waals surface area contributed by atoms with Gasteiger partial charge in [0.05, 0.1) is 29.2 Å². The number of β-lactam (4-membered cyclic amide) rings is 1. The van der Waals surface area contributed by atoms with Crippen molar-refractivity contribution >= 4 is 45.7 Å². The van der Waals surface area contributed by atoms with Crippen LogP contribution in [0.3, 0.4) is 0 Å². The molecule has 2 rings (SSSR count). The molecule has 2 heterocycles. The van der Waals surface area contributed by atoms with E-state index in [1.54, 1.807) is 4.90 Å². The fraction of sp³-hybridized carbons (Fsp3) is 0.600. The van der Waals surface area contributed by atoms with Crippen molar-refractivity contribution in [2.75, 3.05) is 12.4 Å². The molecule has 94 valence electrons. The first kappa shape index (κ1) is 13.0. The minimum Gasteiger partial charge on any atom is -0.482 e. The summed E-state index contributed by atoms with van der Waals surface area (Å²) in [5, 5.41) is 0.355. The highest BCUT2D eigenvalue weighted by atomic mass is 32.2. The summed E-state index contributed by atoms with van der Waals surface area (Å²) >= 11 is 6.63. The molecule has 1 saturated heterocycles. The number of ether oxygens (including phenoxy) is 1. The summed E-state index contributed by atoms with van der Waals surface area (Å²) in [5.74, 6) is 0.553. The third-order valence-corrected chi connectivity index (χ3v) is 5.87. The molecule has 0 radical (unpaired) electrons. The van der Waals surface area contributed by atoms with E-state index in [1.807, 2.05) is 13.8 Å². The number of hydrogen-bond acceptors (Lipinski definition) is 5. The fourth-order valence-corrected chi connectivity index (χ4v) is 5.04. The van der Waals surface area contributed by atoms with Crippen molar-refractivity contribution in [1.29, 1.82) is 0 Å². The van der Waals surface area contributed by atoms with Gasteiger partial charge < -0.3 is 4.74 Å². The van der Waals surface area contributed by atoms with Gasteiger partial charge in [-0.2, -0.15) is 0 Å². The maximum absolute atomic E-state index is 11.9. The van der Waals surface area contributed by atoms with Gasteiger partial charge in [-0.25, -0.2) is 0 Å². The Morgan fingerprint density at radius 1 is 1.65 bits per heavy atom. The number of thioether (sulfide) groups is 1. The van der Waals surface area contributed by atoms with Crippen LogP contribution in [0.5, 0.6) is 0 Å². The predicted octanol–water partition coefficient (Wildman–Crippen LogP) is 1.59. The largest absolute Gasteiger partial charge is 0.482 e. The Morgan fingerprint density at radius 2 is 2.35 bits per heavy atom. The summed E-state index contributed by atoms with van der Waals surface area (Å²) < 4.78 is 17.9. The minimum absolute atomic E-state index is 0.0302. The molecular formula is C10H13NO3S3. The van der Waals surface area contributed by atoms with Crippen LogP contribution in [0.1, 0.15) is 20.3 Å². The predicted molar refractivity (Wildman–Crippen MR) is 72.8 cm³/mol. The molecule has 0 aliphatic carbocycles. The first-order chi connectivity index (χ1) is 8.10. The maximum atomic E-state index is 11.9. The fourth-order valence-electron chi connectivity index (χ4n) is 1.70. The second-order valence-electron chi connectivity index (χ2n) is 3.53. The van der Waals surface area contributed by atoms with Gasteiger partial charge in [0.25, 0.3) is 0 Å². The molecule has 0 bridgehead atoms. The average molecular weight is 291 g/mol.